The number of fused-ring (bicyclic) bond motifs is 1. The standard InChI is InChI=1S/C14H8FN3OS/c15-11-5-9(6-16)1-2-10(11)7-18-8-17-12-3-4-20-13(12)14(18)19/h1-5,8H,7H2. The summed E-state index contributed by atoms with van der Waals surface area (Å²) in [5.74, 6) is -0.498. The second-order valence-corrected chi connectivity index (χ2v) is 5.15. The normalized spacial score (nSPS) is 10.6. The molecule has 0 atom stereocenters. The maximum atomic E-state index is 13.8. The van der Waals surface area contributed by atoms with Gasteiger partial charge in [0.1, 0.15) is 10.5 Å². The van der Waals surface area contributed by atoms with Crippen molar-refractivity contribution in [3.05, 3.63) is 63.3 Å². The Morgan fingerprint density at radius 2 is 2.25 bits per heavy atom. The van der Waals surface area contributed by atoms with Crippen LogP contribution in [0.1, 0.15) is 11.1 Å². The van der Waals surface area contributed by atoms with Crippen molar-refractivity contribution in [1.29, 1.82) is 5.26 Å². The Morgan fingerprint density at radius 3 is 3.00 bits per heavy atom. The summed E-state index contributed by atoms with van der Waals surface area (Å²) >= 11 is 1.32. The number of nitrogens with zero attached hydrogens (tertiary/aromatic N) is 3. The highest BCUT2D eigenvalue weighted by molar-refractivity contribution is 7.17. The van der Waals surface area contributed by atoms with Gasteiger partial charge in [0.2, 0.25) is 0 Å². The molecular weight excluding hydrogens is 277 g/mol. The molecule has 3 rings (SSSR count). The van der Waals surface area contributed by atoms with E-state index in [4.69, 9.17) is 5.26 Å². The van der Waals surface area contributed by atoms with E-state index in [1.165, 1.54) is 34.4 Å². The molecule has 0 saturated carbocycles. The first kappa shape index (κ1) is 12.5. The van der Waals surface area contributed by atoms with Crippen LogP contribution in [-0.2, 0) is 6.54 Å². The van der Waals surface area contributed by atoms with E-state index in [-0.39, 0.29) is 17.7 Å². The molecule has 0 N–H and O–H groups in total. The summed E-state index contributed by atoms with van der Waals surface area (Å²) in [7, 11) is 0. The lowest BCUT2D eigenvalue weighted by atomic mass is 10.1. The highest BCUT2D eigenvalue weighted by Crippen LogP contribution is 2.15. The molecule has 98 valence electrons. The first-order chi connectivity index (χ1) is 9.69. The van der Waals surface area contributed by atoms with Gasteiger partial charge >= 0.3 is 0 Å². The largest absolute Gasteiger partial charge is 0.293 e. The van der Waals surface area contributed by atoms with Gasteiger partial charge in [-0.05, 0) is 23.6 Å². The fraction of sp³-hybridized carbons (Fsp3) is 0.0714. The number of halogens is 1. The molecule has 2 heterocycles. The van der Waals surface area contributed by atoms with Gasteiger partial charge in [-0.15, -0.1) is 11.3 Å². The lowest BCUT2D eigenvalue weighted by Gasteiger charge is -2.06. The van der Waals surface area contributed by atoms with Gasteiger partial charge in [-0.2, -0.15) is 5.26 Å². The summed E-state index contributed by atoms with van der Waals surface area (Å²) in [4.78, 5) is 16.3. The molecule has 4 nitrogen and oxygen atoms in total. The fourth-order valence-corrected chi connectivity index (χ4v) is 2.71. The smallest absolute Gasteiger partial charge is 0.271 e. The minimum Gasteiger partial charge on any atom is -0.293 e. The van der Waals surface area contributed by atoms with Crippen molar-refractivity contribution in [1.82, 2.24) is 9.55 Å². The highest BCUT2D eigenvalue weighted by atomic mass is 32.1. The molecule has 0 aliphatic rings. The summed E-state index contributed by atoms with van der Waals surface area (Å²) in [6.45, 7) is 0.0945. The number of rotatable bonds is 2. The van der Waals surface area contributed by atoms with Crippen molar-refractivity contribution in [2.75, 3.05) is 0 Å². The second kappa shape index (κ2) is 4.87. The fourth-order valence-electron chi connectivity index (χ4n) is 1.92. The van der Waals surface area contributed by atoms with Crippen LogP contribution in [0.3, 0.4) is 0 Å². The second-order valence-electron chi connectivity index (χ2n) is 4.23. The van der Waals surface area contributed by atoms with Gasteiger partial charge in [-0.25, -0.2) is 9.37 Å². The van der Waals surface area contributed by atoms with E-state index >= 15 is 0 Å². The number of hydrogen-bond acceptors (Lipinski definition) is 4. The third-order valence-corrected chi connectivity index (χ3v) is 3.85. The van der Waals surface area contributed by atoms with Gasteiger partial charge < -0.3 is 0 Å². The number of benzene rings is 1. The summed E-state index contributed by atoms with van der Waals surface area (Å²) in [5.41, 5.74) is 1.07. The Labute approximate surface area is 117 Å². The lowest BCUT2D eigenvalue weighted by Crippen LogP contribution is -2.20. The highest BCUT2D eigenvalue weighted by Gasteiger charge is 2.09. The summed E-state index contributed by atoms with van der Waals surface area (Å²) in [6.07, 6.45) is 1.41. The van der Waals surface area contributed by atoms with Crippen LogP contribution < -0.4 is 5.56 Å². The Morgan fingerprint density at radius 1 is 1.40 bits per heavy atom. The van der Waals surface area contributed by atoms with E-state index in [0.717, 1.165) is 6.07 Å². The van der Waals surface area contributed by atoms with Crippen LogP contribution in [0.2, 0.25) is 0 Å². The predicted molar refractivity (Wildman–Crippen MR) is 74.1 cm³/mol. The van der Waals surface area contributed by atoms with Gasteiger partial charge in [0.05, 0.1) is 30.0 Å². The van der Waals surface area contributed by atoms with Crippen molar-refractivity contribution >= 4 is 21.6 Å². The molecule has 0 bridgehead atoms. The van der Waals surface area contributed by atoms with E-state index in [0.29, 0.717) is 15.8 Å². The molecule has 0 spiro atoms. The maximum absolute atomic E-state index is 13.8. The number of aromatic nitrogens is 2. The van der Waals surface area contributed by atoms with Crippen LogP contribution in [-0.4, -0.2) is 9.55 Å². The molecular formula is C14H8FN3OS. The number of thiophene rings is 1. The minimum absolute atomic E-state index is 0.0945. The van der Waals surface area contributed by atoms with Gasteiger partial charge in [0, 0.05) is 5.56 Å². The van der Waals surface area contributed by atoms with E-state index in [1.54, 1.807) is 11.4 Å². The first-order valence-electron chi connectivity index (χ1n) is 5.80. The maximum Gasteiger partial charge on any atom is 0.271 e. The van der Waals surface area contributed by atoms with Gasteiger partial charge in [-0.1, -0.05) is 6.07 Å². The van der Waals surface area contributed by atoms with Crippen LogP contribution in [0, 0.1) is 17.1 Å². The predicted octanol–water partition coefficient (Wildman–Crippen LogP) is 2.52. The monoisotopic (exact) mass is 285 g/mol. The van der Waals surface area contributed by atoms with E-state index in [2.05, 4.69) is 4.98 Å². The minimum atomic E-state index is -0.498. The quantitative estimate of drug-likeness (QED) is 0.727. The molecule has 1 aromatic carbocycles. The Bertz CT molecular complexity index is 891. The zero-order valence-corrected chi connectivity index (χ0v) is 11.0. The zero-order chi connectivity index (χ0) is 14.1. The van der Waals surface area contributed by atoms with Crippen LogP contribution in [0.25, 0.3) is 10.2 Å². The van der Waals surface area contributed by atoms with Crippen molar-refractivity contribution < 1.29 is 4.39 Å². The molecule has 6 heteroatoms. The molecule has 0 fully saturated rings. The third-order valence-electron chi connectivity index (χ3n) is 2.96. The molecule has 2 aromatic heterocycles. The van der Waals surface area contributed by atoms with Gasteiger partial charge in [-0.3, -0.25) is 9.36 Å². The first-order valence-corrected chi connectivity index (χ1v) is 6.68. The molecule has 0 radical (unpaired) electrons. The summed E-state index contributed by atoms with van der Waals surface area (Å²) in [5, 5.41) is 10.5. The van der Waals surface area contributed by atoms with Crippen LogP contribution >= 0.6 is 11.3 Å². The third kappa shape index (κ3) is 2.08. The van der Waals surface area contributed by atoms with Crippen LogP contribution in [0.5, 0.6) is 0 Å². The van der Waals surface area contributed by atoms with E-state index < -0.39 is 5.82 Å². The van der Waals surface area contributed by atoms with Crippen molar-refractivity contribution in [3.8, 4) is 6.07 Å². The van der Waals surface area contributed by atoms with Gasteiger partial charge in [0.15, 0.2) is 0 Å². The zero-order valence-electron chi connectivity index (χ0n) is 10.2. The lowest BCUT2D eigenvalue weighted by molar-refractivity contribution is 0.595. The van der Waals surface area contributed by atoms with E-state index in [9.17, 15) is 9.18 Å². The van der Waals surface area contributed by atoms with Crippen LogP contribution in [0.4, 0.5) is 4.39 Å². The molecule has 0 saturated heterocycles. The van der Waals surface area contributed by atoms with Gasteiger partial charge in [0.25, 0.3) is 5.56 Å². The van der Waals surface area contributed by atoms with Crippen molar-refractivity contribution in [2.45, 2.75) is 6.54 Å². The summed E-state index contributed by atoms with van der Waals surface area (Å²) in [6, 6.07) is 7.85. The number of nitriles is 1. The molecule has 20 heavy (non-hydrogen) atoms. The average Bonchev–Trinajstić information content (AvgIpc) is 2.93. The molecule has 0 aliphatic heterocycles. The molecule has 0 aliphatic carbocycles. The van der Waals surface area contributed by atoms with Crippen LogP contribution in [0.15, 0.2) is 40.8 Å². The summed E-state index contributed by atoms with van der Waals surface area (Å²) < 4.78 is 15.7. The average molecular weight is 285 g/mol. The topological polar surface area (TPSA) is 58.7 Å². The molecule has 3 aromatic rings. The Hall–Kier alpha value is -2.52. The Kier molecular flexibility index (Phi) is 3.05. The van der Waals surface area contributed by atoms with Crippen molar-refractivity contribution in [3.63, 3.8) is 0 Å². The SMILES string of the molecule is N#Cc1ccc(Cn2cnc3ccsc3c2=O)c(F)c1. The Balaban J connectivity index is 2.03. The molecule has 0 amide bonds. The number of hydrogen-bond donors (Lipinski definition) is 0. The molecule has 0 unspecified atom stereocenters. The van der Waals surface area contributed by atoms with E-state index in [1.807, 2.05) is 6.07 Å². The van der Waals surface area contributed by atoms with Crippen molar-refractivity contribution in [2.24, 2.45) is 0 Å².